The van der Waals surface area contributed by atoms with E-state index >= 15 is 0 Å². The zero-order chi connectivity index (χ0) is 21.8. The van der Waals surface area contributed by atoms with E-state index in [1.165, 1.54) is 5.56 Å². The number of benzene rings is 3. The summed E-state index contributed by atoms with van der Waals surface area (Å²) in [5, 5.41) is 4.54. The number of nitrogens with two attached hydrogens (primary N) is 1. The molecule has 5 nitrogen and oxygen atoms in total. The first-order valence-corrected chi connectivity index (χ1v) is 10.4. The minimum Gasteiger partial charge on any atom is -0.495 e. The van der Waals surface area contributed by atoms with Gasteiger partial charge in [-0.1, -0.05) is 54.6 Å². The summed E-state index contributed by atoms with van der Waals surface area (Å²) in [4.78, 5) is 6.88. The Kier molecular flexibility index (Phi) is 6.05. The fraction of sp³-hybridized carbons (Fsp3) is 0.192. The second-order valence-electron chi connectivity index (χ2n) is 7.82. The van der Waals surface area contributed by atoms with Gasteiger partial charge < -0.3 is 20.7 Å². The molecule has 0 aliphatic heterocycles. The second-order valence-corrected chi connectivity index (χ2v) is 7.82. The number of hydrogen-bond donors (Lipinski definition) is 2. The molecule has 0 saturated heterocycles. The third kappa shape index (κ3) is 4.62. The Morgan fingerprint density at radius 1 is 0.968 bits per heavy atom. The zero-order valence-electron chi connectivity index (χ0n) is 18.2. The number of methoxy groups -OCH3 is 1. The third-order valence-electron chi connectivity index (χ3n) is 5.39. The van der Waals surface area contributed by atoms with Crippen molar-refractivity contribution in [2.24, 2.45) is 5.73 Å². The maximum Gasteiger partial charge on any atom is 0.142 e. The average molecular weight is 413 g/mol. The van der Waals surface area contributed by atoms with Crippen LogP contribution in [0.4, 0.5) is 17.2 Å². The number of nitrogens with one attached hydrogen (secondary N) is 1. The van der Waals surface area contributed by atoms with E-state index in [9.17, 15) is 0 Å². The molecule has 0 fully saturated rings. The first-order valence-electron chi connectivity index (χ1n) is 10.4. The Bertz CT molecular complexity index is 1170. The summed E-state index contributed by atoms with van der Waals surface area (Å²) in [6.07, 6.45) is 0.773. The number of aromatic nitrogens is 1. The molecule has 1 atom stereocenters. The van der Waals surface area contributed by atoms with Gasteiger partial charge in [0.05, 0.1) is 18.3 Å². The molecule has 0 amide bonds. The van der Waals surface area contributed by atoms with Gasteiger partial charge in [0.1, 0.15) is 11.6 Å². The van der Waals surface area contributed by atoms with Gasteiger partial charge >= 0.3 is 0 Å². The summed E-state index contributed by atoms with van der Waals surface area (Å²) < 4.78 is 5.67. The maximum atomic E-state index is 6.47. The van der Waals surface area contributed by atoms with Crippen molar-refractivity contribution in [2.75, 3.05) is 31.4 Å². The number of anilines is 3. The highest BCUT2D eigenvalue weighted by atomic mass is 16.5. The molecule has 1 heterocycles. The van der Waals surface area contributed by atoms with Crippen molar-refractivity contribution < 1.29 is 4.74 Å². The summed E-state index contributed by atoms with van der Waals surface area (Å²) in [5.74, 6) is 1.50. The number of ether oxygens (including phenoxy) is 1. The fourth-order valence-corrected chi connectivity index (χ4v) is 3.76. The number of rotatable bonds is 7. The number of hydrogen-bond acceptors (Lipinski definition) is 5. The van der Waals surface area contributed by atoms with Crippen LogP contribution in [-0.4, -0.2) is 26.2 Å². The lowest BCUT2D eigenvalue weighted by atomic mass is 9.99. The molecule has 31 heavy (non-hydrogen) atoms. The van der Waals surface area contributed by atoms with Crippen LogP contribution in [0, 0.1) is 0 Å². The molecule has 0 radical (unpaired) electrons. The Labute approximate surface area is 183 Å². The molecule has 0 bridgehead atoms. The highest BCUT2D eigenvalue weighted by molar-refractivity contribution is 5.93. The molecule has 1 unspecified atom stereocenters. The molecule has 4 rings (SSSR count). The molecule has 158 valence electrons. The minimum absolute atomic E-state index is 0.107. The molecule has 1 aromatic heterocycles. The summed E-state index contributed by atoms with van der Waals surface area (Å²) in [7, 11) is 5.75. The summed E-state index contributed by atoms with van der Waals surface area (Å²) in [5.41, 5.74) is 11.6. The van der Waals surface area contributed by atoms with Gasteiger partial charge in [-0.3, -0.25) is 0 Å². The van der Waals surface area contributed by atoms with E-state index < -0.39 is 0 Å². The lowest BCUT2D eigenvalue weighted by Crippen LogP contribution is -2.13. The van der Waals surface area contributed by atoms with E-state index in [1.807, 2.05) is 68.7 Å². The SMILES string of the molecule is COc1cc(C(N)Cc2ccccc2)ccc1Nc1cc(N(C)C)c2ccccc2n1. The van der Waals surface area contributed by atoms with Crippen molar-refractivity contribution in [2.45, 2.75) is 12.5 Å². The molecular formula is C26H28N4O. The van der Waals surface area contributed by atoms with Crippen LogP contribution in [0.25, 0.3) is 10.9 Å². The molecule has 0 saturated carbocycles. The van der Waals surface area contributed by atoms with Gasteiger partial charge in [0.2, 0.25) is 0 Å². The number of para-hydroxylation sites is 1. The maximum absolute atomic E-state index is 6.47. The van der Waals surface area contributed by atoms with Crippen LogP contribution in [0.15, 0.2) is 78.9 Å². The van der Waals surface area contributed by atoms with Crippen molar-refractivity contribution in [3.8, 4) is 5.75 Å². The van der Waals surface area contributed by atoms with E-state index in [1.54, 1.807) is 7.11 Å². The van der Waals surface area contributed by atoms with Crippen molar-refractivity contribution in [1.29, 1.82) is 0 Å². The normalized spacial score (nSPS) is 11.9. The molecule has 0 spiro atoms. The number of fused-ring (bicyclic) bond motifs is 1. The lowest BCUT2D eigenvalue weighted by molar-refractivity contribution is 0.416. The van der Waals surface area contributed by atoms with Gasteiger partial charge in [-0.05, 0) is 35.7 Å². The summed E-state index contributed by atoms with van der Waals surface area (Å²) >= 11 is 0. The predicted octanol–water partition coefficient (Wildman–Crippen LogP) is 5.30. The molecule has 4 aromatic rings. The number of nitrogens with zero attached hydrogens (tertiary/aromatic N) is 2. The van der Waals surface area contributed by atoms with E-state index in [0.29, 0.717) is 0 Å². The Morgan fingerprint density at radius 2 is 1.71 bits per heavy atom. The molecular weight excluding hydrogens is 384 g/mol. The van der Waals surface area contributed by atoms with Crippen LogP contribution in [-0.2, 0) is 6.42 Å². The zero-order valence-corrected chi connectivity index (χ0v) is 18.2. The Balaban J connectivity index is 1.62. The smallest absolute Gasteiger partial charge is 0.142 e. The standard InChI is InChI=1S/C26H28N4O/c1-30(2)24-17-26(28-22-12-8-7-11-20(22)24)29-23-14-13-19(16-25(23)31-3)21(27)15-18-9-5-4-6-10-18/h4-14,16-17,21H,15,27H2,1-3H3,(H,28,29). The molecule has 0 aliphatic rings. The Morgan fingerprint density at radius 3 is 2.45 bits per heavy atom. The van der Waals surface area contributed by atoms with E-state index in [4.69, 9.17) is 15.5 Å². The third-order valence-corrected chi connectivity index (χ3v) is 5.39. The van der Waals surface area contributed by atoms with E-state index in [0.717, 1.165) is 45.8 Å². The highest BCUT2D eigenvalue weighted by Crippen LogP contribution is 2.33. The first kappa shape index (κ1) is 20.7. The first-order chi connectivity index (χ1) is 15.0. The molecule has 0 aliphatic carbocycles. The molecule has 5 heteroatoms. The highest BCUT2D eigenvalue weighted by Gasteiger charge is 2.13. The van der Waals surface area contributed by atoms with Crippen molar-refractivity contribution in [3.05, 3.63) is 90.0 Å². The van der Waals surface area contributed by atoms with Crippen molar-refractivity contribution in [1.82, 2.24) is 4.98 Å². The predicted molar refractivity (Wildman–Crippen MR) is 129 cm³/mol. The van der Waals surface area contributed by atoms with Crippen LogP contribution in [0.1, 0.15) is 17.2 Å². The fourth-order valence-electron chi connectivity index (χ4n) is 3.76. The monoisotopic (exact) mass is 412 g/mol. The van der Waals surface area contributed by atoms with Crippen molar-refractivity contribution >= 4 is 28.1 Å². The average Bonchev–Trinajstić information content (AvgIpc) is 2.79. The van der Waals surface area contributed by atoms with Crippen LogP contribution in [0.3, 0.4) is 0 Å². The summed E-state index contributed by atoms with van der Waals surface area (Å²) in [6, 6.07) is 26.4. The van der Waals surface area contributed by atoms with Gasteiger partial charge in [0.25, 0.3) is 0 Å². The number of pyridine rings is 1. The van der Waals surface area contributed by atoms with Gasteiger partial charge in [-0.25, -0.2) is 4.98 Å². The van der Waals surface area contributed by atoms with Crippen LogP contribution >= 0.6 is 0 Å². The van der Waals surface area contributed by atoms with Gasteiger partial charge in [0.15, 0.2) is 0 Å². The lowest BCUT2D eigenvalue weighted by Gasteiger charge is -2.19. The van der Waals surface area contributed by atoms with Gasteiger partial charge in [0, 0.05) is 37.3 Å². The van der Waals surface area contributed by atoms with E-state index in [2.05, 4.69) is 34.5 Å². The van der Waals surface area contributed by atoms with Gasteiger partial charge in [-0.15, -0.1) is 0 Å². The quantitative estimate of drug-likeness (QED) is 0.431. The second kappa shape index (κ2) is 9.06. The van der Waals surface area contributed by atoms with E-state index in [-0.39, 0.29) is 6.04 Å². The van der Waals surface area contributed by atoms with Crippen LogP contribution < -0.4 is 20.7 Å². The van der Waals surface area contributed by atoms with Crippen LogP contribution in [0.2, 0.25) is 0 Å². The van der Waals surface area contributed by atoms with Gasteiger partial charge in [-0.2, -0.15) is 0 Å². The largest absolute Gasteiger partial charge is 0.495 e. The summed E-state index contributed by atoms with van der Waals surface area (Å²) in [6.45, 7) is 0. The van der Waals surface area contributed by atoms with Crippen molar-refractivity contribution in [3.63, 3.8) is 0 Å². The molecule has 3 N–H and O–H groups in total. The van der Waals surface area contributed by atoms with Crippen LogP contribution in [0.5, 0.6) is 5.75 Å². The minimum atomic E-state index is -0.107. The Hall–Kier alpha value is -3.57. The topological polar surface area (TPSA) is 63.4 Å². The molecule has 3 aromatic carbocycles.